The summed E-state index contributed by atoms with van der Waals surface area (Å²) in [4.78, 5) is 9.71. The minimum atomic E-state index is -4.03. The van der Waals surface area contributed by atoms with Crippen molar-refractivity contribution < 1.29 is 18.1 Å². The fraction of sp³-hybridized carbons (Fsp3) is 0.417. The lowest BCUT2D eigenvalue weighted by Crippen LogP contribution is -2.33. The van der Waals surface area contributed by atoms with Crippen molar-refractivity contribution in [2.45, 2.75) is 18.7 Å². The van der Waals surface area contributed by atoms with Crippen LogP contribution in [0.2, 0.25) is 0 Å². The number of nitro benzene ring substituents is 1. The molecule has 0 atom stereocenters. The number of benzene rings is 1. The number of methoxy groups -OCH3 is 1. The molecule has 0 radical (unpaired) electrons. The number of nitriles is 1. The van der Waals surface area contributed by atoms with Crippen LogP contribution in [0.4, 0.5) is 5.69 Å². The van der Waals surface area contributed by atoms with Crippen LogP contribution in [0.25, 0.3) is 0 Å². The second-order valence-corrected chi connectivity index (χ2v) is 6.65. The molecule has 0 aliphatic heterocycles. The van der Waals surface area contributed by atoms with Crippen molar-refractivity contribution in [3.8, 4) is 11.8 Å². The molecule has 1 rings (SSSR count). The number of non-ortho nitro benzene ring substituents is 1. The molecule has 0 aliphatic carbocycles. The van der Waals surface area contributed by atoms with E-state index in [0.29, 0.717) is 0 Å². The van der Waals surface area contributed by atoms with Crippen LogP contribution in [0, 0.1) is 26.9 Å². The summed E-state index contributed by atoms with van der Waals surface area (Å²) in [5, 5.41) is 19.6. The first kappa shape index (κ1) is 16.9. The summed E-state index contributed by atoms with van der Waals surface area (Å²) in [6.45, 7) is 3.01. The molecular formula is C12H15N3O5S. The Kier molecular flexibility index (Phi) is 4.88. The van der Waals surface area contributed by atoms with Crippen LogP contribution < -0.4 is 9.46 Å². The fourth-order valence-electron chi connectivity index (χ4n) is 1.38. The lowest BCUT2D eigenvalue weighted by molar-refractivity contribution is -0.385. The van der Waals surface area contributed by atoms with Gasteiger partial charge in [-0.15, -0.1) is 0 Å². The number of nitrogens with one attached hydrogen (secondary N) is 1. The summed E-state index contributed by atoms with van der Waals surface area (Å²) < 4.78 is 31.6. The summed E-state index contributed by atoms with van der Waals surface area (Å²) in [7, 11) is -2.77. The van der Waals surface area contributed by atoms with E-state index >= 15 is 0 Å². The van der Waals surface area contributed by atoms with Gasteiger partial charge in [0.05, 0.1) is 23.5 Å². The minimum Gasteiger partial charge on any atom is -0.495 e. The molecule has 1 aromatic rings. The molecule has 0 amide bonds. The standard InChI is InChI=1S/C12H15N3O5S/c1-12(2,7-13)8-14-21(18,19)11-6-9(15(16)17)4-5-10(11)20-3/h4-6,14H,8H2,1-3H3. The Bertz CT molecular complexity index is 691. The molecule has 8 nitrogen and oxygen atoms in total. The lowest BCUT2D eigenvalue weighted by Gasteiger charge is -2.16. The molecule has 0 spiro atoms. The minimum absolute atomic E-state index is 0.0112. The van der Waals surface area contributed by atoms with Gasteiger partial charge in [-0.3, -0.25) is 10.1 Å². The summed E-state index contributed by atoms with van der Waals surface area (Å²) in [6, 6.07) is 5.23. The first-order valence-corrected chi connectivity index (χ1v) is 7.34. The molecule has 9 heteroatoms. The largest absolute Gasteiger partial charge is 0.495 e. The highest BCUT2D eigenvalue weighted by atomic mass is 32.2. The van der Waals surface area contributed by atoms with Gasteiger partial charge in [-0.1, -0.05) is 0 Å². The fourth-order valence-corrected chi connectivity index (χ4v) is 2.78. The third kappa shape index (κ3) is 4.14. The predicted octanol–water partition coefficient (Wildman–Crippen LogP) is 1.43. The maximum Gasteiger partial charge on any atom is 0.271 e. The molecule has 0 aliphatic rings. The van der Waals surface area contributed by atoms with Gasteiger partial charge in [-0.25, -0.2) is 13.1 Å². The van der Waals surface area contributed by atoms with Crippen LogP contribution in [0.15, 0.2) is 23.1 Å². The molecule has 114 valence electrons. The second kappa shape index (κ2) is 6.07. The average molecular weight is 313 g/mol. The number of hydrogen-bond donors (Lipinski definition) is 1. The maximum atomic E-state index is 12.2. The Labute approximate surface area is 122 Å². The van der Waals surface area contributed by atoms with E-state index in [4.69, 9.17) is 10.00 Å². The van der Waals surface area contributed by atoms with E-state index < -0.39 is 20.4 Å². The molecule has 1 aromatic carbocycles. The van der Waals surface area contributed by atoms with E-state index in [2.05, 4.69) is 4.72 Å². The molecule has 0 saturated heterocycles. The van der Waals surface area contributed by atoms with E-state index in [1.54, 1.807) is 13.8 Å². The number of rotatable bonds is 6. The Morgan fingerprint density at radius 1 is 1.48 bits per heavy atom. The van der Waals surface area contributed by atoms with Crippen LogP contribution in [0.5, 0.6) is 5.75 Å². The topological polar surface area (TPSA) is 122 Å². The lowest BCUT2D eigenvalue weighted by atomic mass is 9.97. The number of nitro groups is 1. The van der Waals surface area contributed by atoms with E-state index in [0.717, 1.165) is 12.1 Å². The molecule has 21 heavy (non-hydrogen) atoms. The van der Waals surface area contributed by atoms with Gasteiger partial charge in [0.25, 0.3) is 5.69 Å². The highest BCUT2D eigenvalue weighted by molar-refractivity contribution is 7.89. The van der Waals surface area contributed by atoms with Gasteiger partial charge < -0.3 is 4.74 Å². The monoisotopic (exact) mass is 313 g/mol. The normalized spacial score (nSPS) is 11.7. The Morgan fingerprint density at radius 2 is 2.10 bits per heavy atom. The zero-order chi connectivity index (χ0) is 16.3. The van der Waals surface area contributed by atoms with E-state index in [1.807, 2.05) is 6.07 Å². The molecule has 0 fully saturated rings. The maximum absolute atomic E-state index is 12.2. The van der Waals surface area contributed by atoms with Gasteiger partial charge in [0.1, 0.15) is 10.6 Å². The Morgan fingerprint density at radius 3 is 2.57 bits per heavy atom. The summed E-state index contributed by atoms with van der Waals surface area (Å²) in [5.41, 5.74) is -1.27. The van der Waals surface area contributed by atoms with Gasteiger partial charge in [-0.2, -0.15) is 5.26 Å². The van der Waals surface area contributed by atoms with Gasteiger partial charge in [0, 0.05) is 18.7 Å². The van der Waals surface area contributed by atoms with Crippen LogP contribution in [0.1, 0.15) is 13.8 Å². The third-order valence-corrected chi connectivity index (χ3v) is 4.08. The summed E-state index contributed by atoms with van der Waals surface area (Å²) >= 11 is 0. The zero-order valence-corrected chi connectivity index (χ0v) is 12.6. The van der Waals surface area contributed by atoms with Gasteiger partial charge >= 0.3 is 0 Å². The average Bonchev–Trinajstić information content (AvgIpc) is 2.44. The number of hydrogen-bond acceptors (Lipinski definition) is 6. The molecule has 0 aromatic heterocycles. The van der Waals surface area contributed by atoms with Crippen LogP contribution in [0.3, 0.4) is 0 Å². The van der Waals surface area contributed by atoms with Crippen molar-refractivity contribution in [1.82, 2.24) is 4.72 Å². The third-order valence-electron chi connectivity index (χ3n) is 2.65. The number of sulfonamides is 1. The van der Waals surface area contributed by atoms with Crippen molar-refractivity contribution in [3.05, 3.63) is 28.3 Å². The van der Waals surface area contributed by atoms with Crippen molar-refractivity contribution >= 4 is 15.7 Å². The molecule has 0 unspecified atom stereocenters. The van der Waals surface area contributed by atoms with Gasteiger partial charge in [0.2, 0.25) is 10.0 Å². The Balaban J connectivity index is 3.21. The second-order valence-electron chi connectivity index (χ2n) is 4.91. The van der Waals surface area contributed by atoms with Crippen LogP contribution >= 0.6 is 0 Å². The number of ether oxygens (including phenoxy) is 1. The van der Waals surface area contributed by atoms with Crippen molar-refractivity contribution in [2.75, 3.05) is 13.7 Å². The summed E-state index contributed by atoms with van der Waals surface area (Å²) in [5.74, 6) is -0.0112. The van der Waals surface area contributed by atoms with Crippen LogP contribution in [-0.4, -0.2) is 27.0 Å². The molecule has 0 saturated carbocycles. The van der Waals surface area contributed by atoms with E-state index in [-0.39, 0.29) is 22.9 Å². The SMILES string of the molecule is COc1ccc([N+](=O)[O-])cc1S(=O)(=O)NCC(C)(C)C#N. The smallest absolute Gasteiger partial charge is 0.271 e. The van der Waals surface area contributed by atoms with Crippen molar-refractivity contribution in [3.63, 3.8) is 0 Å². The van der Waals surface area contributed by atoms with Gasteiger partial charge in [0.15, 0.2) is 0 Å². The highest BCUT2D eigenvalue weighted by Gasteiger charge is 2.26. The quantitative estimate of drug-likeness (QED) is 0.626. The number of nitrogens with zero attached hydrogens (tertiary/aromatic N) is 2. The molecule has 1 N–H and O–H groups in total. The molecular weight excluding hydrogens is 298 g/mol. The van der Waals surface area contributed by atoms with E-state index in [9.17, 15) is 18.5 Å². The first-order chi connectivity index (χ1) is 9.63. The summed E-state index contributed by atoms with van der Waals surface area (Å²) in [6.07, 6.45) is 0. The molecule has 0 bridgehead atoms. The van der Waals surface area contributed by atoms with Crippen LogP contribution in [-0.2, 0) is 10.0 Å². The van der Waals surface area contributed by atoms with Crippen molar-refractivity contribution in [2.24, 2.45) is 5.41 Å². The predicted molar refractivity (Wildman–Crippen MR) is 74.2 cm³/mol. The molecule has 0 heterocycles. The highest BCUT2D eigenvalue weighted by Crippen LogP contribution is 2.28. The Hall–Kier alpha value is -2.18. The van der Waals surface area contributed by atoms with E-state index in [1.165, 1.54) is 13.2 Å². The van der Waals surface area contributed by atoms with Crippen molar-refractivity contribution in [1.29, 1.82) is 5.26 Å². The van der Waals surface area contributed by atoms with Gasteiger partial charge in [-0.05, 0) is 19.9 Å². The first-order valence-electron chi connectivity index (χ1n) is 5.86. The zero-order valence-electron chi connectivity index (χ0n) is 11.8.